The summed E-state index contributed by atoms with van der Waals surface area (Å²) in [5.41, 5.74) is 2.78. The van der Waals surface area contributed by atoms with E-state index in [0.717, 1.165) is 29.1 Å². The number of hydrogen-bond acceptors (Lipinski definition) is 3. The van der Waals surface area contributed by atoms with Gasteiger partial charge in [0.05, 0.1) is 0 Å². The molecule has 3 rings (SSSR count). The molecule has 2 aromatic heterocycles. The Bertz CT molecular complexity index is 813. The van der Waals surface area contributed by atoms with Crippen LogP contribution in [0.2, 0.25) is 0 Å². The maximum absolute atomic E-state index is 12.0. The van der Waals surface area contributed by atoms with Gasteiger partial charge < -0.3 is 15.2 Å². The summed E-state index contributed by atoms with van der Waals surface area (Å²) in [6, 6.07) is 11.3. The normalized spacial score (nSPS) is 10.4. The van der Waals surface area contributed by atoms with E-state index in [9.17, 15) is 4.79 Å². The summed E-state index contributed by atoms with van der Waals surface area (Å²) >= 11 is 0. The Balaban J connectivity index is 1.56. The van der Waals surface area contributed by atoms with Crippen molar-refractivity contribution in [2.75, 3.05) is 11.9 Å². The molecule has 1 aromatic carbocycles. The molecule has 0 atom stereocenters. The second kappa shape index (κ2) is 7.41. The Labute approximate surface area is 140 Å². The fourth-order valence-electron chi connectivity index (χ4n) is 2.42. The summed E-state index contributed by atoms with van der Waals surface area (Å²) in [6.07, 6.45) is 7.92. The van der Waals surface area contributed by atoms with Crippen molar-refractivity contribution in [3.63, 3.8) is 0 Å². The minimum atomic E-state index is -0.226. The number of urea groups is 1. The van der Waals surface area contributed by atoms with Gasteiger partial charge >= 0.3 is 6.03 Å². The summed E-state index contributed by atoms with van der Waals surface area (Å²) in [4.78, 5) is 20.4. The Kier molecular flexibility index (Phi) is 4.86. The highest BCUT2D eigenvalue weighted by atomic mass is 16.2. The molecule has 6 heteroatoms. The van der Waals surface area contributed by atoms with Crippen LogP contribution in [-0.4, -0.2) is 27.1 Å². The van der Waals surface area contributed by atoms with E-state index in [1.54, 1.807) is 18.6 Å². The largest absolute Gasteiger partial charge is 0.338 e. The smallest absolute Gasteiger partial charge is 0.319 e. The van der Waals surface area contributed by atoms with E-state index in [4.69, 9.17) is 0 Å². The number of anilines is 1. The summed E-state index contributed by atoms with van der Waals surface area (Å²) in [5.74, 6) is 0.857. The van der Waals surface area contributed by atoms with E-state index in [-0.39, 0.29) is 6.03 Å². The number of aromatic nitrogens is 3. The minimum Gasteiger partial charge on any atom is -0.338 e. The molecule has 0 spiro atoms. The molecule has 122 valence electrons. The number of nitrogens with one attached hydrogen (secondary N) is 2. The average molecular weight is 321 g/mol. The number of amides is 2. The summed E-state index contributed by atoms with van der Waals surface area (Å²) in [7, 11) is 1.94. The fourth-order valence-corrected chi connectivity index (χ4v) is 2.42. The summed E-state index contributed by atoms with van der Waals surface area (Å²) < 4.78 is 1.94. The molecular formula is C18H19N5O. The second-order valence-corrected chi connectivity index (χ2v) is 5.43. The lowest BCUT2D eigenvalue weighted by Crippen LogP contribution is -2.30. The molecule has 0 aliphatic heterocycles. The van der Waals surface area contributed by atoms with Crippen LogP contribution in [0.4, 0.5) is 10.5 Å². The van der Waals surface area contributed by atoms with E-state index in [2.05, 4.69) is 20.6 Å². The maximum atomic E-state index is 12.0. The van der Waals surface area contributed by atoms with Crippen molar-refractivity contribution in [2.24, 2.45) is 7.05 Å². The molecule has 0 saturated carbocycles. The zero-order valence-corrected chi connectivity index (χ0v) is 13.4. The van der Waals surface area contributed by atoms with Crippen LogP contribution in [0, 0.1) is 0 Å². The summed E-state index contributed by atoms with van der Waals surface area (Å²) in [6.45, 7) is 0.552. The Morgan fingerprint density at radius 1 is 1.21 bits per heavy atom. The Hall–Kier alpha value is -3.15. The zero-order valence-electron chi connectivity index (χ0n) is 13.4. The number of carbonyl (C=O) groups excluding carboxylic acids is 1. The predicted molar refractivity (Wildman–Crippen MR) is 93.6 cm³/mol. The first-order valence-electron chi connectivity index (χ1n) is 7.74. The van der Waals surface area contributed by atoms with Crippen molar-refractivity contribution in [3.8, 4) is 11.4 Å². The highest BCUT2D eigenvalue weighted by Gasteiger charge is 2.06. The van der Waals surface area contributed by atoms with Gasteiger partial charge in [0.25, 0.3) is 0 Å². The molecule has 0 radical (unpaired) electrons. The van der Waals surface area contributed by atoms with Gasteiger partial charge in [-0.25, -0.2) is 9.78 Å². The van der Waals surface area contributed by atoms with Crippen LogP contribution in [0.1, 0.15) is 5.56 Å². The molecule has 0 bridgehead atoms. The van der Waals surface area contributed by atoms with Crippen LogP contribution >= 0.6 is 0 Å². The SMILES string of the molecule is Cn1ccnc1-c1cccc(NC(=O)NCCc2cccnc2)c1. The van der Waals surface area contributed by atoms with E-state index in [1.165, 1.54) is 0 Å². The van der Waals surface area contributed by atoms with Gasteiger partial charge in [-0.05, 0) is 30.2 Å². The molecule has 6 nitrogen and oxygen atoms in total. The third-order valence-electron chi connectivity index (χ3n) is 3.62. The van der Waals surface area contributed by atoms with Gasteiger partial charge in [0.1, 0.15) is 5.82 Å². The van der Waals surface area contributed by atoms with Crippen molar-refractivity contribution in [1.29, 1.82) is 0 Å². The van der Waals surface area contributed by atoms with Crippen LogP contribution in [0.15, 0.2) is 61.2 Å². The Morgan fingerprint density at radius 3 is 2.88 bits per heavy atom. The quantitative estimate of drug-likeness (QED) is 0.759. The average Bonchev–Trinajstić information content (AvgIpc) is 3.02. The highest BCUT2D eigenvalue weighted by Crippen LogP contribution is 2.20. The molecule has 0 fully saturated rings. The number of pyridine rings is 1. The number of imidazole rings is 1. The Morgan fingerprint density at radius 2 is 2.12 bits per heavy atom. The first kappa shape index (κ1) is 15.7. The molecule has 3 aromatic rings. The fraction of sp³-hybridized carbons (Fsp3) is 0.167. The number of nitrogens with zero attached hydrogens (tertiary/aromatic N) is 3. The van der Waals surface area contributed by atoms with E-state index in [1.807, 2.05) is 54.2 Å². The van der Waals surface area contributed by atoms with Gasteiger partial charge in [-0.2, -0.15) is 0 Å². The minimum absolute atomic E-state index is 0.226. The van der Waals surface area contributed by atoms with Crippen LogP contribution in [0.3, 0.4) is 0 Å². The number of aryl methyl sites for hydroxylation is 1. The lowest BCUT2D eigenvalue weighted by atomic mass is 10.2. The van der Waals surface area contributed by atoms with Crippen LogP contribution in [0.5, 0.6) is 0 Å². The molecule has 0 unspecified atom stereocenters. The monoisotopic (exact) mass is 321 g/mol. The zero-order chi connectivity index (χ0) is 16.8. The standard InChI is InChI=1S/C18H19N5O/c1-23-11-10-20-17(23)15-5-2-6-16(12-15)22-18(24)21-9-7-14-4-3-8-19-13-14/h2-6,8,10-13H,7,9H2,1H3,(H2,21,22,24). The van der Waals surface area contributed by atoms with E-state index in [0.29, 0.717) is 6.54 Å². The van der Waals surface area contributed by atoms with Gasteiger partial charge in [-0.3, -0.25) is 4.98 Å². The number of carbonyl (C=O) groups is 1. The van der Waals surface area contributed by atoms with Gasteiger partial charge in [0.2, 0.25) is 0 Å². The van der Waals surface area contributed by atoms with Gasteiger partial charge in [-0.1, -0.05) is 18.2 Å². The molecule has 24 heavy (non-hydrogen) atoms. The third-order valence-corrected chi connectivity index (χ3v) is 3.62. The van der Waals surface area contributed by atoms with Crippen molar-refractivity contribution in [1.82, 2.24) is 19.9 Å². The van der Waals surface area contributed by atoms with Gasteiger partial charge in [0.15, 0.2) is 0 Å². The van der Waals surface area contributed by atoms with Crippen LogP contribution in [-0.2, 0) is 13.5 Å². The number of benzene rings is 1. The van der Waals surface area contributed by atoms with Crippen molar-refractivity contribution >= 4 is 11.7 Å². The predicted octanol–water partition coefficient (Wildman–Crippen LogP) is 2.85. The second-order valence-electron chi connectivity index (χ2n) is 5.43. The molecule has 0 saturated heterocycles. The van der Waals surface area contributed by atoms with E-state index < -0.39 is 0 Å². The first-order chi connectivity index (χ1) is 11.7. The van der Waals surface area contributed by atoms with E-state index >= 15 is 0 Å². The number of rotatable bonds is 5. The van der Waals surface area contributed by atoms with Crippen molar-refractivity contribution in [2.45, 2.75) is 6.42 Å². The van der Waals surface area contributed by atoms with Crippen LogP contribution in [0.25, 0.3) is 11.4 Å². The molecule has 2 amide bonds. The lowest BCUT2D eigenvalue weighted by molar-refractivity contribution is 0.252. The van der Waals surface area contributed by atoms with Crippen LogP contribution < -0.4 is 10.6 Å². The molecular weight excluding hydrogens is 302 g/mol. The lowest BCUT2D eigenvalue weighted by Gasteiger charge is -2.09. The van der Waals surface area contributed by atoms with Crippen molar-refractivity contribution < 1.29 is 4.79 Å². The highest BCUT2D eigenvalue weighted by molar-refractivity contribution is 5.89. The first-order valence-corrected chi connectivity index (χ1v) is 7.74. The molecule has 2 heterocycles. The van der Waals surface area contributed by atoms with Gasteiger partial charge in [-0.15, -0.1) is 0 Å². The maximum Gasteiger partial charge on any atom is 0.319 e. The molecule has 0 aliphatic carbocycles. The summed E-state index contributed by atoms with van der Waals surface area (Å²) in [5, 5.41) is 5.69. The third kappa shape index (κ3) is 3.98. The molecule has 0 aliphatic rings. The molecule has 2 N–H and O–H groups in total. The van der Waals surface area contributed by atoms with Crippen molar-refractivity contribution in [3.05, 3.63) is 66.7 Å². The topological polar surface area (TPSA) is 71.8 Å². The number of hydrogen-bond donors (Lipinski definition) is 2. The van der Waals surface area contributed by atoms with Gasteiger partial charge in [0, 0.05) is 49.6 Å².